The molecule has 0 aliphatic heterocycles. The van der Waals surface area contributed by atoms with Gasteiger partial charge in [-0.2, -0.15) is 0 Å². The van der Waals surface area contributed by atoms with Crippen LogP contribution in [-0.4, -0.2) is 24.3 Å². The van der Waals surface area contributed by atoms with Gasteiger partial charge in [0.1, 0.15) is 0 Å². The van der Waals surface area contributed by atoms with Crippen molar-refractivity contribution in [3.05, 3.63) is 57.6 Å². The fourth-order valence-electron chi connectivity index (χ4n) is 2.34. The number of aromatic carboxylic acids is 1. The average Bonchev–Trinajstić information content (AvgIpc) is 2.57. The molecule has 0 radical (unpaired) electrons. The summed E-state index contributed by atoms with van der Waals surface area (Å²) in [5, 5.41) is 12.3. The van der Waals surface area contributed by atoms with E-state index in [1.807, 2.05) is 38.1 Å². The SMILES string of the molecule is COc1cc(CNCc2ccc(C(=O)O)cc2)cc(Br)c1OC(C)C. The Kier molecular flexibility index (Phi) is 6.84. The van der Waals surface area contributed by atoms with Crippen molar-refractivity contribution < 1.29 is 19.4 Å². The Bertz CT molecular complexity index is 729. The predicted octanol–water partition coefficient (Wildman–Crippen LogP) is 4.23. The van der Waals surface area contributed by atoms with E-state index < -0.39 is 5.97 Å². The van der Waals surface area contributed by atoms with Gasteiger partial charge in [0.05, 0.1) is 23.2 Å². The van der Waals surface area contributed by atoms with Crippen LogP contribution in [0.3, 0.4) is 0 Å². The fourth-order valence-corrected chi connectivity index (χ4v) is 2.92. The topological polar surface area (TPSA) is 67.8 Å². The number of carbonyl (C=O) groups is 1. The normalized spacial score (nSPS) is 10.8. The van der Waals surface area contributed by atoms with E-state index in [-0.39, 0.29) is 11.7 Å². The number of rotatable bonds is 8. The summed E-state index contributed by atoms with van der Waals surface area (Å²) in [5.74, 6) is 0.469. The first-order valence-corrected chi connectivity index (χ1v) is 8.76. The highest BCUT2D eigenvalue weighted by Crippen LogP contribution is 2.37. The molecule has 6 heteroatoms. The van der Waals surface area contributed by atoms with E-state index in [4.69, 9.17) is 14.6 Å². The van der Waals surface area contributed by atoms with Crippen LogP contribution in [0.15, 0.2) is 40.9 Å². The van der Waals surface area contributed by atoms with Crippen molar-refractivity contribution in [3.8, 4) is 11.5 Å². The number of methoxy groups -OCH3 is 1. The van der Waals surface area contributed by atoms with Gasteiger partial charge in [0.25, 0.3) is 0 Å². The van der Waals surface area contributed by atoms with E-state index >= 15 is 0 Å². The maximum atomic E-state index is 10.9. The highest BCUT2D eigenvalue weighted by molar-refractivity contribution is 9.10. The van der Waals surface area contributed by atoms with Gasteiger partial charge in [-0.15, -0.1) is 0 Å². The van der Waals surface area contributed by atoms with E-state index in [0.29, 0.717) is 24.6 Å². The molecule has 2 N–H and O–H groups in total. The van der Waals surface area contributed by atoms with Crippen molar-refractivity contribution in [1.29, 1.82) is 0 Å². The van der Waals surface area contributed by atoms with Gasteiger partial charge in [-0.3, -0.25) is 0 Å². The largest absolute Gasteiger partial charge is 0.493 e. The molecule has 134 valence electrons. The Morgan fingerprint density at radius 1 is 1.16 bits per heavy atom. The minimum Gasteiger partial charge on any atom is -0.493 e. The summed E-state index contributed by atoms with van der Waals surface area (Å²) in [6, 6.07) is 10.8. The Morgan fingerprint density at radius 2 is 1.80 bits per heavy atom. The number of hydrogen-bond donors (Lipinski definition) is 2. The molecular formula is C19H22BrNO4. The molecule has 0 saturated heterocycles. The summed E-state index contributed by atoms with van der Waals surface area (Å²) in [7, 11) is 1.62. The maximum absolute atomic E-state index is 10.9. The van der Waals surface area contributed by atoms with Gasteiger partial charge in [-0.1, -0.05) is 12.1 Å². The first-order chi connectivity index (χ1) is 11.9. The third-order valence-electron chi connectivity index (χ3n) is 3.50. The standard InChI is InChI=1S/C19H22BrNO4/c1-12(2)25-18-16(20)8-14(9-17(18)24-3)11-21-10-13-4-6-15(7-5-13)19(22)23/h4-9,12,21H,10-11H2,1-3H3,(H,22,23). The summed E-state index contributed by atoms with van der Waals surface area (Å²) >= 11 is 3.54. The van der Waals surface area contributed by atoms with E-state index in [0.717, 1.165) is 15.6 Å². The van der Waals surface area contributed by atoms with Gasteiger partial charge < -0.3 is 19.9 Å². The molecule has 2 aromatic carbocycles. The summed E-state index contributed by atoms with van der Waals surface area (Å²) in [6.45, 7) is 5.23. The number of halogens is 1. The van der Waals surface area contributed by atoms with Gasteiger partial charge in [-0.05, 0) is 65.2 Å². The number of benzene rings is 2. The molecule has 0 aliphatic carbocycles. The van der Waals surface area contributed by atoms with Crippen LogP contribution in [0.4, 0.5) is 0 Å². The number of carboxylic acid groups (broad SMARTS) is 1. The second kappa shape index (κ2) is 8.87. The van der Waals surface area contributed by atoms with Gasteiger partial charge >= 0.3 is 5.97 Å². The van der Waals surface area contributed by atoms with E-state index in [9.17, 15) is 4.79 Å². The molecule has 0 bridgehead atoms. The zero-order valence-corrected chi connectivity index (χ0v) is 16.1. The summed E-state index contributed by atoms with van der Waals surface area (Å²) < 4.78 is 12.1. The number of hydrogen-bond acceptors (Lipinski definition) is 4. The quantitative estimate of drug-likeness (QED) is 0.684. The van der Waals surface area contributed by atoms with Crippen molar-refractivity contribution in [1.82, 2.24) is 5.32 Å². The molecular weight excluding hydrogens is 386 g/mol. The van der Waals surface area contributed by atoms with E-state index in [2.05, 4.69) is 21.2 Å². The summed E-state index contributed by atoms with van der Waals surface area (Å²) in [6.07, 6.45) is 0.0583. The van der Waals surface area contributed by atoms with Crippen LogP contribution in [0.1, 0.15) is 35.3 Å². The smallest absolute Gasteiger partial charge is 0.335 e. The molecule has 0 atom stereocenters. The van der Waals surface area contributed by atoms with Gasteiger partial charge in [0.2, 0.25) is 0 Å². The average molecular weight is 408 g/mol. The molecule has 2 aromatic rings. The van der Waals surface area contributed by atoms with Crippen LogP contribution in [0, 0.1) is 0 Å². The molecule has 5 nitrogen and oxygen atoms in total. The highest BCUT2D eigenvalue weighted by atomic mass is 79.9. The molecule has 0 unspecified atom stereocenters. The van der Waals surface area contributed by atoms with Crippen molar-refractivity contribution in [2.75, 3.05) is 7.11 Å². The molecule has 0 heterocycles. The first kappa shape index (κ1) is 19.3. The Labute approximate surface area is 156 Å². The second-order valence-electron chi connectivity index (χ2n) is 5.88. The number of ether oxygens (including phenoxy) is 2. The van der Waals surface area contributed by atoms with Crippen molar-refractivity contribution in [3.63, 3.8) is 0 Å². The predicted molar refractivity (Wildman–Crippen MR) is 100 cm³/mol. The van der Waals surface area contributed by atoms with Crippen molar-refractivity contribution in [2.45, 2.75) is 33.0 Å². The van der Waals surface area contributed by atoms with Crippen LogP contribution in [0.25, 0.3) is 0 Å². The number of nitrogens with one attached hydrogen (secondary N) is 1. The van der Waals surface area contributed by atoms with Crippen molar-refractivity contribution >= 4 is 21.9 Å². The minimum atomic E-state index is -0.917. The maximum Gasteiger partial charge on any atom is 0.335 e. The van der Waals surface area contributed by atoms with Gasteiger partial charge in [-0.25, -0.2) is 4.79 Å². The lowest BCUT2D eigenvalue weighted by molar-refractivity contribution is 0.0697. The molecule has 0 aliphatic rings. The van der Waals surface area contributed by atoms with Crippen LogP contribution in [-0.2, 0) is 13.1 Å². The third-order valence-corrected chi connectivity index (χ3v) is 4.09. The summed E-state index contributed by atoms with van der Waals surface area (Å²) in [5.41, 5.74) is 2.37. The molecule has 0 fully saturated rings. The summed E-state index contributed by atoms with van der Waals surface area (Å²) in [4.78, 5) is 10.9. The monoisotopic (exact) mass is 407 g/mol. The van der Waals surface area contributed by atoms with Crippen molar-refractivity contribution in [2.24, 2.45) is 0 Å². The van der Waals surface area contributed by atoms with E-state index in [1.165, 1.54) is 0 Å². The molecule has 25 heavy (non-hydrogen) atoms. The van der Waals surface area contributed by atoms with Crippen LogP contribution < -0.4 is 14.8 Å². The lowest BCUT2D eigenvalue weighted by atomic mass is 10.1. The molecule has 2 rings (SSSR count). The minimum absolute atomic E-state index is 0.0583. The van der Waals surface area contributed by atoms with E-state index in [1.54, 1.807) is 19.2 Å². The van der Waals surface area contributed by atoms with Gasteiger partial charge in [0.15, 0.2) is 11.5 Å². The Hall–Kier alpha value is -2.05. The molecule has 0 aromatic heterocycles. The lowest BCUT2D eigenvalue weighted by Gasteiger charge is -2.17. The number of carboxylic acids is 1. The van der Waals surface area contributed by atoms with Gasteiger partial charge in [0, 0.05) is 13.1 Å². The molecule has 0 saturated carbocycles. The van der Waals surface area contributed by atoms with Crippen LogP contribution in [0.2, 0.25) is 0 Å². The molecule has 0 amide bonds. The Balaban J connectivity index is 2.00. The first-order valence-electron chi connectivity index (χ1n) is 7.96. The van der Waals surface area contributed by atoms with Crippen LogP contribution in [0.5, 0.6) is 11.5 Å². The van der Waals surface area contributed by atoms with Crippen LogP contribution >= 0.6 is 15.9 Å². The Morgan fingerprint density at radius 3 is 2.36 bits per heavy atom. The molecule has 0 spiro atoms. The zero-order chi connectivity index (χ0) is 18.4. The lowest BCUT2D eigenvalue weighted by Crippen LogP contribution is -2.13. The third kappa shape index (κ3) is 5.47. The zero-order valence-electron chi connectivity index (χ0n) is 14.5. The fraction of sp³-hybridized carbons (Fsp3) is 0.316. The second-order valence-corrected chi connectivity index (χ2v) is 6.74. The highest BCUT2D eigenvalue weighted by Gasteiger charge is 2.13.